The zero-order valence-electron chi connectivity index (χ0n) is 7.23. The van der Waals surface area contributed by atoms with Gasteiger partial charge in [0.1, 0.15) is 0 Å². The van der Waals surface area contributed by atoms with Crippen LogP contribution in [-0.2, 0) is 0 Å². The molecule has 0 aliphatic rings. The lowest BCUT2D eigenvalue weighted by atomic mass is 10.4. The van der Waals surface area contributed by atoms with Gasteiger partial charge in [0.05, 0.1) is 0 Å². The number of rotatable bonds is 5. The van der Waals surface area contributed by atoms with E-state index in [-0.39, 0.29) is 11.9 Å². The lowest BCUT2D eigenvalue weighted by Crippen LogP contribution is -2.23. The average Bonchev–Trinajstić information content (AvgIpc) is 1.88. The Morgan fingerprint density at radius 1 is 1.60 bits per heavy atom. The monoisotopic (exact) mass is 269 g/mol. The smallest absolute Gasteiger partial charge is 0.307 e. The van der Waals surface area contributed by atoms with Crippen molar-refractivity contribution in [1.29, 1.82) is 0 Å². The van der Waals surface area contributed by atoms with Gasteiger partial charge in [-0.2, -0.15) is 0 Å². The van der Waals surface area contributed by atoms with Gasteiger partial charge in [-0.15, -0.1) is 0 Å². The fourth-order valence-electron chi connectivity index (χ4n) is 1.05. The molecule has 0 unspecified atom stereocenters. The van der Waals surface area contributed by atoms with E-state index in [1.807, 2.05) is 0 Å². The van der Waals surface area contributed by atoms with Crippen LogP contribution >= 0.6 is 20.3 Å². The normalized spacial score (nSPS) is 13.7. The Labute approximate surface area is 81.9 Å². The molecule has 0 aromatic rings. The van der Waals surface area contributed by atoms with E-state index in [4.69, 9.17) is 0 Å². The summed E-state index contributed by atoms with van der Waals surface area (Å²) >= 11 is 2.79. The summed E-state index contributed by atoms with van der Waals surface area (Å²) in [6.45, 7) is 7.17. The first-order valence-corrected chi connectivity index (χ1v) is 9.88. The lowest BCUT2D eigenvalue weighted by molar-refractivity contribution is 0.336. The van der Waals surface area contributed by atoms with Crippen molar-refractivity contribution in [1.82, 2.24) is 4.90 Å². The highest BCUT2D eigenvalue weighted by atomic mass is 127. The van der Waals surface area contributed by atoms with Gasteiger partial charge in [0.25, 0.3) is 0 Å². The summed E-state index contributed by atoms with van der Waals surface area (Å²) in [5.74, 6) is 0. The molecule has 0 aliphatic carbocycles. The summed E-state index contributed by atoms with van der Waals surface area (Å²) in [6.07, 6.45) is 1.28. The molecule has 10 heavy (non-hydrogen) atoms. The maximum Gasteiger partial charge on any atom is 0.341 e. The minimum absolute atomic E-state index is 0.207. The summed E-state index contributed by atoms with van der Waals surface area (Å²) in [6, 6.07) is 0. The van der Waals surface area contributed by atoms with Crippen LogP contribution in [0.3, 0.4) is 0 Å². The van der Waals surface area contributed by atoms with Gasteiger partial charge in [-0.05, 0) is 26.6 Å². The Bertz CT molecular complexity index is 80.0. The predicted octanol–water partition coefficient (Wildman–Crippen LogP) is 1.92. The second-order valence-electron chi connectivity index (χ2n) is 3.02. The molecule has 0 fully saturated rings. The molecule has 0 heterocycles. The zero-order chi connectivity index (χ0) is 7.98. The van der Waals surface area contributed by atoms with Crippen LogP contribution in [0.4, 0.5) is 0 Å². The fourth-order valence-corrected chi connectivity index (χ4v) is 2.43. The first-order chi connectivity index (χ1) is 4.70. The molecule has 60 valence electrons. The molecule has 3 heteroatoms. The molecule has 0 aromatic heterocycles. The molecule has 0 saturated carbocycles. The van der Waals surface area contributed by atoms with E-state index < -0.39 is 0 Å². The quantitative estimate of drug-likeness (QED) is 0.544. The van der Waals surface area contributed by atoms with Crippen molar-refractivity contribution in [3.63, 3.8) is 0 Å². The van der Waals surface area contributed by atoms with E-state index in [1.165, 1.54) is 19.5 Å². The van der Waals surface area contributed by atoms with E-state index in [9.17, 15) is 0 Å². The van der Waals surface area contributed by atoms with Crippen LogP contribution in [0.1, 0.15) is 20.3 Å². The Hall–Kier alpha value is 1.22. The summed E-state index contributed by atoms with van der Waals surface area (Å²) < 4.78 is 0.983. The maximum absolute atomic E-state index is 2.59. The van der Waals surface area contributed by atoms with Crippen LogP contribution in [0.15, 0.2) is 0 Å². The van der Waals surface area contributed by atoms with E-state index >= 15 is 0 Å². The van der Waals surface area contributed by atoms with Crippen molar-refractivity contribution < 1.29 is 0 Å². The van der Waals surface area contributed by atoms with Crippen LogP contribution in [0.2, 0.25) is 4.78 Å². The predicted molar refractivity (Wildman–Crippen MR) is 58.4 cm³/mol. The summed E-state index contributed by atoms with van der Waals surface area (Å²) in [5, 5.41) is 0. The molecule has 0 aromatic carbocycles. The zero-order valence-corrected chi connectivity index (χ0v) is 10.8. The largest absolute Gasteiger partial charge is 0.341 e. The molecule has 0 bridgehead atoms. The average molecular weight is 269 g/mol. The Balaban J connectivity index is 3.27. The number of hydrogen-bond donors (Lipinski definition) is 0. The summed E-state index contributed by atoms with van der Waals surface area (Å²) in [4.78, 5) is 2.44. The van der Waals surface area contributed by atoms with Gasteiger partial charge in [0, 0.05) is 0 Å². The third-order valence-corrected chi connectivity index (χ3v) is 6.79. The molecule has 0 aliphatic heterocycles. The molecule has 0 N–H and O–H groups in total. The van der Waals surface area contributed by atoms with Crippen LogP contribution < -0.4 is 0 Å². The van der Waals surface area contributed by atoms with Crippen molar-refractivity contribution in [3.8, 4) is 0 Å². The number of halogens is 1. The van der Waals surface area contributed by atoms with Gasteiger partial charge in [-0.1, -0.05) is 18.6 Å². The second-order valence-corrected chi connectivity index (χ2v) is 7.37. The Kier molecular flexibility index (Phi) is 7.75. The van der Waals surface area contributed by atoms with Gasteiger partial charge in [0.2, 0.25) is 0 Å². The lowest BCUT2D eigenvalue weighted by Gasteiger charge is -2.18. The minimum Gasteiger partial charge on any atom is -0.307 e. The number of hydrogen-bond acceptors (Lipinski definition) is 1. The van der Waals surface area contributed by atoms with E-state index in [0.29, 0.717) is 0 Å². The van der Waals surface area contributed by atoms with Crippen LogP contribution in [0.5, 0.6) is 0 Å². The van der Waals surface area contributed by atoms with Gasteiger partial charge in [0.15, 0.2) is 0 Å². The van der Waals surface area contributed by atoms with E-state index in [2.05, 4.69) is 46.1 Å². The Morgan fingerprint density at radius 3 is 2.60 bits per heavy atom. The van der Waals surface area contributed by atoms with E-state index in [0.717, 1.165) is 4.78 Å². The topological polar surface area (TPSA) is 3.24 Å². The third-order valence-electron chi connectivity index (χ3n) is 1.49. The third kappa shape index (κ3) is 5.97. The summed E-state index contributed by atoms with van der Waals surface area (Å²) in [7, 11) is 2.22. The second kappa shape index (κ2) is 6.90. The van der Waals surface area contributed by atoms with Crippen molar-refractivity contribution in [2.45, 2.75) is 25.0 Å². The highest BCUT2D eigenvalue weighted by Crippen LogP contribution is 2.06. The van der Waals surface area contributed by atoms with Crippen molar-refractivity contribution in [3.05, 3.63) is 0 Å². The molecule has 1 nitrogen and oxygen atoms in total. The molecular weight excluding hydrogens is 252 g/mol. The standard InChI is InChI=1S/C7H16N.Al.HI.H/c1-4-6-8(3)7-5-2;;;/h4H,5-7H2,1-3H3;;1H;/q;+1;;/p-1. The molecule has 0 spiro atoms. The minimum atomic E-state index is 0.207. The van der Waals surface area contributed by atoms with E-state index in [1.54, 1.807) is 0 Å². The van der Waals surface area contributed by atoms with Crippen molar-refractivity contribution in [2.24, 2.45) is 0 Å². The van der Waals surface area contributed by atoms with Crippen molar-refractivity contribution >= 4 is 32.2 Å². The molecular formula is C7H17AlIN. The SMILES string of the molecule is CCCN(C)C[C@@H](C)[AlH][I]. The highest BCUT2D eigenvalue weighted by Gasteiger charge is 2.05. The van der Waals surface area contributed by atoms with Crippen LogP contribution in [0.25, 0.3) is 0 Å². The first-order valence-electron chi connectivity index (χ1n) is 3.95. The molecule has 0 rings (SSSR count). The number of nitrogens with zero attached hydrogens (tertiary/aromatic N) is 1. The Morgan fingerprint density at radius 2 is 2.20 bits per heavy atom. The van der Waals surface area contributed by atoms with Gasteiger partial charge >= 0.3 is 11.9 Å². The van der Waals surface area contributed by atoms with Gasteiger partial charge in [-0.25, -0.2) is 20.3 Å². The first kappa shape index (κ1) is 11.2. The molecule has 1 atom stereocenters. The van der Waals surface area contributed by atoms with Gasteiger partial charge < -0.3 is 4.90 Å². The van der Waals surface area contributed by atoms with Crippen molar-refractivity contribution in [2.75, 3.05) is 20.1 Å². The maximum atomic E-state index is 2.59. The highest BCUT2D eigenvalue weighted by molar-refractivity contribution is 14.1. The molecule has 0 radical (unpaired) electrons. The van der Waals surface area contributed by atoms with Gasteiger partial charge in [-0.3, -0.25) is 0 Å². The van der Waals surface area contributed by atoms with Crippen LogP contribution in [0, 0.1) is 0 Å². The summed E-state index contributed by atoms with van der Waals surface area (Å²) in [5.41, 5.74) is 0. The fraction of sp³-hybridized carbons (Fsp3) is 1.00. The van der Waals surface area contributed by atoms with Crippen LogP contribution in [-0.4, -0.2) is 37.0 Å². The molecule has 0 saturated heterocycles. The molecule has 0 amide bonds.